The van der Waals surface area contributed by atoms with Gasteiger partial charge in [-0.05, 0) is 12.1 Å². The van der Waals surface area contributed by atoms with Crippen LogP contribution in [0, 0.1) is 18.3 Å². The topological polar surface area (TPSA) is 54.5 Å². The maximum atomic E-state index is 11.9. The number of anilines is 1. The number of para-hydroxylation sites is 1. The maximum absolute atomic E-state index is 11.9. The smallest absolute Gasteiger partial charge is 0.228 e. The van der Waals surface area contributed by atoms with Crippen LogP contribution in [0.1, 0.15) is 6.42 Å². The predicted octanol–water partition coefficient (Wildman–Crippen LogP) is 1.08. The normalized spacial score (nSPS) is 19.9. The monoisotopic (exact) mass is 263 g/mol. The maximum Gasteiger partial charge on any atom is 0.228 e. The Morgan fingerprint density at radius 3 is 2.61 bits per heavy atom. The van der Waals surface area contributed by atoms with Crippen molar-refractivity contribution in [2.24, 2.45) is 5.92 Å². The van der Waals surface area contributed by atoms with Crippen molar-refractivity contribution < 1.29 is 13.2 Å². The number of carbonyl (C=O) groups is 1. The van der Waals surface area contributed by atoms with Gasteiger partial charge in [0.05, 0.1) is 10.6 Å². The van der Waals surface area contributed by atoms with Crippen LogP contribution in [0.5, 0.6) is 0 Å². The minimum atomic E-state index is -3.36. The van der Waals surface area contributed by atoms with E-state index in [9.17, 15) is 13.2 Å². The van der Waals surface area contributed by atoms with Crippen LogP contribution in [0.2, 0.25) is 0 Å². The molecule has 0 bridgehead atoms. The van der Waals surface area contributed by atoms with E-state index in [2.05, 4.69) is 5.92 Å². The summed E-state index contributed by atoms with van der Waals surface area (Å²) in [4.78, 5) is 13.5. The average molecular weight is 263 g/mol. The van der Waals surface area contributed by atoms with E-state index < -0.39 is 9.84 Å². The zero-order valence-electron chi connectivity index (χ0n) is 9.96. The number of nitrogens with zero attached hydrogens (tertiary/aromatic N) is 1. The third-order valence-corrected chi connectivity index (χ3v) is 4.06. The Kier molecular flexibility index (Phi) is 3.14. The highest BCUT2D eigenvalue weighted by atomic mass is 32.2. The summed E-state index contributed by atoms with van der Waals surface area (Å²) in [6.07, 6.45) is 6.72. The molecule has 0 saturated carbocycles. The Morgan fingerprint density at radius 2 is 2.06 bits per heavy atom. The molecule has 18 heavy (non-hydrogen) atoms. The van der Waals surface area contributed by atoms with Crippen LogP contribution in [0.3, 0.4) is 0 Å². The lowest BCUT2D eigenvalue weighted by molar-refractivity contribution is -0.117. The number of amides is 1. The SMILES string of the molecule is C#CC1CC(=O)N(c2ccccc2S(C)(=O)=O)C1. The average Bonchev–Trinajstić information content (AvgIpc) is 2.69. The molecule has 1 aliphatic rings. The molecule has 0 N–H and O–H groups in total. The Morgan fingerprint density at radius 1 is 1.39 bits per heavy atom. The molecular formula is C13H13NO3S. The van der Waals surface area contributed by atoms with Gasteiger partial charge in [0.2, 0.25) is 5.91 Å². The molecule has 1 heterocycles. The molecule has 1 unspecified atom stereocenters. The highest BCUT2D eigenvalue weighted by Crippen LogP contribution is 2.30. The van der Waals surface area contributed by atoms with Gasteiger partial charge in [-0.15, -0.1) is 12.3 Å². The van der Waals surface area contributed by atoms with Crippen molar-refractivity contribution in [2.45, 2.75) is 11.3 Å². The molecule has 1 atom stereocenters. The molecule has 0 spiro atoms. The number of terminal acetylenes is 1. The van der Waals surface area contributed by atoms with Gasteiger partial charge in [0.15, 0.2) is 9.84 Å². The van der Waals surface area contributed by atoms with Gasteiger partial charge < -0.3 is 4.90 Å². The molecule has 94 valence electrons. The van der Waals surface area contributed by atoms with Crippen LogP contribution < -0.4 is 4.90 Å². The fraction of sp³-hybridized carbons (Fsp3) is 0.308. The molecule has 1 aliphatic heterocycles. The van der Waals surface area contributed by atoms with Gasteiger partial charge in [-0.2, -0.15) is 0 Å². The zero-order chi connectivity index (χ0) is 13.3. The van der Waals surface area contributed by atoms with Crippen LogP contribution in [0.4, 0.5) is 5.69 Å². The van der Waals surface area contributed by atoms with Gasteiger partial charge in [-0.1, -0.05) is 12.1 Å². The van der Waals surface area contributed by atoms with E-state index in [1.54, 1.807) is 18.2 Å². The second-order valence-corrected chi connectivity index (χ2v) is 6.30. The van der Waals surface area contributed by atoms with Gasteiger partial charge in [-0.3, -0.25) is 4.79 Å². The van der Waals surface area contributed by atoms with Gasteiger partial charge in [-0.25, -0.2) is 8.42 Å². The summed E-state index contributed by atoms with van der Waals surface area (Å²) >= 11 is 0. The molecule has 5 heteroatoms. The first-order valence-corrected chi connectivity index (χ1v) is 7.38. The second-order valence-electron chi connectivity index (χ2n) is 4.31. The molecule has 2 rings (SSSR count). The molecule has 1 aromatic rings. The molecule has 4 nitrogen and oxygen atoms in total. The summed E-state index contributed by atoms with van der Waals surface area (Å²) in [5, 5.41) is 0. The van der Waals surface area contributed by atoms with E-state index in [0.29, 0.717) is 12.2 Å². The van der Waals surface area contributed by atoms with Crippen LogP contribution >= 0.6 is 0 Å². The lowest BCUT2D eigenvalue weighted by atomic mass is 10.1. The molecule has 1 aromatic carbocycles. The zero-order valence-corrected chi connectivity index (χ0v) is 10.8. The Balaban J connectivity index is 2.48. The van der Waals surface area contributed by atoms with Gasteiger partial charge in [0.25, 0.3) is 0 Å². The molecule has 0 aromatic heterocycles. The number of benzene rings is 1. The van der Waals surface area contributed by atoms with Gasteiger partial charge in [0.1, 0.15) is 0 Å². The molecule has 0 aliphatic carbocycles. The molecule has 1 amide bonds. The number of carbonyl (C=O) groups excluding carboxylic acids is 1. The highest BCUT2D eigenvalue weighted by molar-refractivity contribution is 7.90. The van der Waals surface area contributed by atoms with E-state index in [-0.39, 0.29) is 23.1 Å². The third-order valence-electron chi connectivity index (χ3n) is 2.92. The van der Waals surface area contributed by atoms with E-state index >= 15 is 0 Å². The Hall–Kier alpha value is -1.80. The minimum Gasteiger partial charge on any atom is -0.310 e. The number of hydrogen-bond acceptors (Lipinski definition) is 3. The number of rotatable bonds is 2. The van der Waals surface area contributed by atoms with Crippen LogP contribution in [0.15, 0.2) is 29.2 Å². The second kappa shape index (κ2) is 4.46. The first kappa shape index (κ1) is 12.7. The first-order valence-electron chi connectivity index (χ1n) is 5.49. The summed E-state index contributed by atoms with van der Waals surface area (Å²) in [7, 11) is -3.36. The Labute approximate surface area is 107 Å². The summed E-state index contributed by atoms with van der Waals surface area (Å²) in [6, 6.07) is 6.48. The van der Waals surface area contributed by atoms with Gasteiger partial charge >= 0.3 is 0 Å². The summed E-state index contributed by atoms with van der Waals surface area (Å²) in [5.74, 6) is 2.26. The van der Waals surface area contributed by atoms with Crippen molar-refractivity contribution >= 4 is 21.4 Å². The minimum absolute atomic E-state index is 0.131. The summed E-state index contributed by atoms with van der Waals surface area (Å²) in [6.45, 7) is 0.377. The predicted molar refractivity (Wildman–Crippen MR) is 68.8 cm³/mol. The highest BCUT2D eigenvalue weighted by Gasteiger charge is 2.31. The standard InChI is InChI=1S/C13H13NO3S/c1-3-10-8-13(15)14(9-10)11-6-4-5-7-12(11)18(2,16)17/h1,4-7,10H,8-9H2,2H3. The van der Waals surface area contributed by atoms with Crippen molar-refractivity contribution in [3.63, 3.8) is 0 Å². The van der Waals surface area contributed by atoms with Crippen molar-refractivity contribution in [2.75, 3.05) is 17.7 Å². The Bertz CT molecular complexity index is 628. The van der Waals surface area contributed by atoms with E-state index in [4.69, 9.17) is 6.42 Å². The molecule has 1 saturated heterocycles. The summed E-state index contributed by atoms with van der Waals surface area (Å²) < 4.78 is 23.4. The van der Waals surface area contributed by atoms with Crippen molar-refractivity contribution in [1.82, 2.24) is 0 Å². The van der Waals surface area contributed by atoms with E-state index in [1.165, 1.54) is 11.0 Å². The molecular weight excluding hydrogens is 250 g/mol. The number of hydrogen-bond donors (Lipinski definition) is 0. The van der Waals surface area contributed by atoms with E-state index in [0.717, 1.165) is 6.26 Å². The molecule has 0 radical (unpaired) electrons. The summed E-state index contributed by atoms with van der Waals surface area (Å²) in [5.41, 5.74) is 0.419. The largest absolute Gasteiger partial charge is 0.310 e. The van der Waals surface area contributed by atoms with Crippen molar-refractivity contribution in [1.29, 1.82) is 0 Å². The third kappa shape index (κ3) is 2.24. The lowest BCUT2D eigenvalue weighted by Crippen LogP contribution is -2.26. The quantitative estimate of drug-likeness (QED) is 0.750. The van der Waals surface area contributed by atoms with Crippen LogP contribution in [-0.2, 0) is 14.6 Å². The van der Waals surface area contributed by atoms with Crippen LogP contribution in [-0.4, -0.2) is 27.1 Å². The fourth-order valence-electron chi connectivity index (χ4n) is 2.05. The molecule has 1 fully saturated rings. The number of sulfone groups is 1. The van der Waals surface area contributed by atoms with Crippen molar-refractivity contribution in [3.05, 3.63) is 24.3 Å². The van der Waals surface area contributed by atoms with Crippen LogP contribution in [0.25, 0.3) is 0 Å². The first-order chi connectivity index (χ1) is 8.43. The van der Waals surface area contributed by atoms with Gasteiger partial charge in [0, 0.05) is 25.1 Å². The lowest BCUT2D eigenvalue weighted by Gasteiger charge is -2.18. The van der Waals surface area contributed by atoms with E-state index in [1.807, 2.05) is 0 Å². The fourth-order valence-corrected chi connectivity index (χ4v) is 2.93. The van der Waals surface area contributed by atoms with Crippen molar-refractivity contribution in [3.8, 4) is 12.3 Å².